The summed E-state index contributed by atoms with van der Waals surface area (Å²) in [5.74, 6) is 0.753. The lowest BCUT2D eigenvalue weighted by Gasteiger charge is -2.08. The highest BCUT2D eigenvalue weighted by Crippen LogP contribution is 2.15. The number of amides is 1. The van der Waals surface area contributed by atoms with Gasteiger partial charge in [0.2, 0.25) is 5.95 Å². The third-order valence-corrected chi connectivity index (χ3v) is 3.38. The minimum atomic E-state index is -0.619. The molecule has 0 aliphatic rings. The van der Waals surface area contributed by atoms with Gasteiger partial charge in [-0.2, -0.15) is 14.9 Å². The van der Waals surface area contributed by atoms with Crippen LogP contribution < -0.4 is 5.32 Å². The average Bonchev–Trinajstić information content (AvgIpc) is 3.01. The lowest BCUT2D eigenvalue weighted by molar-refractivity contribution is 0.155. The molecule has 0 aliphatic heterocycles. The Kier molecular flexibility index (Phi) is 4.72. The molecule has 1 amide bonds. The van der Waals surface area contributed by atoms with Gasteiger partial charge in [0.15, 0.2) is 0 Å². The van der Waals surface area contributed by atoms with Crippen molar-refractivity contribution in [1.29, 1.82) is 5.26 Å². The topological polar surface area (TPSA) is 92.8 Å². The van der Waals surface area contributed by atoms with Crippen molar-refractivity contribution in [3.05, 3.63) is 71.5 Å². The molecule has 0 spiro atoms. The molecule has 7 nitrogen and oxygen atoms in total. The largest absolute Gasteiger partial charge is 0.444 e. The summed E-state index contributed by atoms with van der Waals surface area (Å²) in [5, 5.41) is 15.7. The molecule has 124 valence electrons. The molecular weight excluding hydrogens is 318 g/mol. The van der Waals surface area contributed by atoms with E-state index < -0.39 is 6.09 Å². The van der Waals surface area contributed by atoms with Crippen LogP contribution in [-0.4, -0.2) is 20.9 Å². The SMILES string of the molecule is Cc1nc(NC(=O)OCc2ccccc2)n(-c2ccc(C#N)cc2)n1. The second-order valence-electron chi connectivity index (χ2n) is 5.24. The van der Waals surface area contributed by atoms with E-state index in [1.807, 2.05) is 30.3 Å². The number of nitriles is 1. The quantitative estimate of drug-likeness (QED) is 0.791. The first kappa shape index (κ1) is 16.2. The van der Waals surface area contributed by atoms with Gasteiger partial charge in [0.25, 0.3) is 0 Å². The van der Waals surface area contributed by atoms with Gasteiger partial charge in [-0.15, -0.1) is 5.10 Å². The molecule has 7 heteroatoms. The molecule has 0 unspecified atom stereocenters. The Labute approximate surface area is 144 Å². The van der Waals surface area contributed by atoms with Crippen LogP contribution in [0.3, 0.4) is 0 Å². The minimum Gasteiger partial charge on any atom is -0.444 e. The molecule has 1 N–H and O–H groups in total. The van der Waals surface area contributed by atoms with Gasteiger partial charge in [-0.25, -0.2) is 4.79 Å². The van der Waals surface area contributed by atoms with E-state index in [2.05, 4.69) is 21.5 Å². The first-order chi connectivity index (χ1) is 12.2. The van der Waals surface area contributed by atoms with Crippen molar-refractivity contribution in [2.45, 2.75) is 13.5 Å². The van der Waals surface area contributed by atoms with E-state index in [4.69, 9.17) is 10.00 Å². The Hall–Kier alpha value is -3.66. The van der Waals surface area contributed by atoms with Gasteiger partial charge in [0.05, 0.1) is 17.3 Å². The van der Waals surface area contributed by atoms with E-state index in [0.717, 1.165) is 5.56 Å². The zero-order valence-electron chi connectivity index (χ0n) is 13.5. The number of hydrogen-bond donors (Lipinski definition) is 1. The Balaban J connectivity index is 1.72. The Bertz CT molecular complexity index is 911. The number of nitrogens with one attached hydrogen (secondary N) is 1. The number of anilines is 1. The van der Waals surface area contributed by atoms with E-state index in [1.54, 1.807) is 31.2 Å². The van der Waals surface area contributed by atoms with Gasteiger partial charge in [-0.1, -0.05) is 30.3 Å². The summed E-state index contributed by atoms with van der Waals surface area (Å²) in [7, 11) is 0. The summed E-state index contributed by atoms with van der Waals surface area (Å²) in [4.78, 5) is 16.2. The van der Waals surface area contributed by atoms with Crippen LogP contribution >= 0.6 is 0 Å². The molecule has 0 saturated heterocycles. The molecular formula is C18H15N5O2. The number of hydrogen-bond acceptors (Lipinski definition) is 5. The van der Waals surface area contributed by atoms with Gasteiger partial charge in [0, 0.05) is 0 Å². The van der Waals surface area contributed by atoms with Crippen LogP contribution in [0.15, 0.2) is 54.6 Å². The fraction of sp³-hybridized carbons (Fsp3) is 0.111. The number of nitrogens with zero attached hydrogens (tertiary/aromatic N) is 4. The number of carbonyl (C=O) groups is 1. The van der Waals surface area contributed by atoms with Crippen molar-refractivity contribution in [2.24, 2.45) is 0 Å². The monoisotopic (exact) mass is 333 g/mol. The van der Waals surface area contributed by atoms with E-state index in [-0.39, 0.29) is 12.6 Å². The summed E-state index contributed by atoms with van der Waals surface area (Å²) >= 11 is 0. The zero-order valence-corrected chi connectivity index (χ0v) is 13.5. The smallest absolute Gasteiger partial charge is 0.414 e. The normalized spacial score (nSPS) is 10.1. The molecule has 25 heavy (non-hydrogen) atoms. The number of aryl methyl sites for hydroxylation is 1. The van der Waals surface area contributed by atoms with Crippen molar-refractivity contribution < 1.29 is 9.53 Å². The summed E-state index contributed by atoms with van der Waals surface area (Å²) in [6.45, 7) is 1.89. The molecule has 0 saturated carbocycles. The summed E-state index contributed by atoms with van der Waals surface area (Å²) in [5.41, 5.74) is 2.11. The first-order valence-corrected chi connectivity index (χ1v) is 7.57. The third-order valence-electron chi connectivity index (χ3n) is 3.38. The van der Waals surface area contributed by atoms with E-state index in [9.17, 15) is 4.79 Å². The Morgan fingerprint density at radius 2 is 1.92 bits per heavy atom. The standard InChI is InChI=1S/C18H15N5O2/c1-13-20-17(21-18(24)25-12-15-5-3-2-4-6-15)23(22-13)16-9-7-14(11-19)8-10-16/h2-10H,12H2,1H3,(H,20,21,22,24). The maximum absolute atomic E-state index is 12.0. The summed E-state index contributed by atoms with van der Waals surface area (Å²) < 4.78 is 6.68. The fourth-order valence-corrected chi connectivity index (χ4v) is 2.20. The highest BCUT2D eigenvalue weighted by molar-refractivity contribution is 5.82. The predicted octanol–water partition coefficient (Wildman–Crippen LogP) is 3.20. The van der Waals surface area contributed by atoms with Crippen LogP contribution in [0, 0.1) is 18.3 Å². The maximum Gasteiger partial charge on any atom is 0.414 e. The van der Waals surface area contributed by atoms with E-state index >= 15 is 0 Å². The number of carbonyl (C=O) groups excluding carboxylic acids is 1. The van der Waals surface area contributed by atoms with Crippen molar-refractivity contribution in [1.82, 2.24) is 14.8 Å². The van der Waals surface area contributed by atoms with Gasteiger partial charge < -0.3 is 4.74 Å². The fourth-order valence-electron chi connectivity index (χ4n) is 2.20. The molecule has 3 rings (SSSR count). The molecule has 0 radical (unpaired) electrons. The molecule has 1 aromatic heterocycles. The van der Waals surface area contributed by atoms with Crippen LogP contribution in [0.2, 0.25) is 0 Å². The number of benzene rings is 2. The highest BCUT2D eigenvalue weighted by atomic mass is 16.5. The third kappa shape index (κ3) is 4.00. The molecule has 0 atom stereocenters. The minimum absolute atomic E-state index is 0.163. The zero-order chi connectivity index (χ0) is 17.6. The highest BCUT2D eigenvalue weighted by Gasteiger charge is 2.13. The van der Waals surface area contributed by atoms with Crippen molar-refractivity contribution in [3.63, 3.8) is 0 Å². The van der Waals surface area contributed by atoms with Crippen LogP contribution in [0.4, 0.5) is 10.7 Å². The Morgan fingerprint density at radius 3 is 2.60 bits per heavy atom. The average molecular weight is 333 g/mol. The molecule has 3 aromatic rings. The first-order valence-electron chi connectivity index (χ1n) is 7.57. The second kappa shape index (κ2) is 7.27. The van der Waals surface area contributed by atoms with Gasteiger partial charge in [-0.05, 0) is 36.8 Å². The van der Waals surface area contributed by atoms with E-state index in [0.29, 0.717) is 17.1 Å². The van der Waals surface area contributed by atoms with Gasteiger partial charge in [-0.3, -0.25) is 5.32 Å². The van der Waals surface area contributed by atoms with Crippen molar-refractivity contribution in [3.8, 4) is 11.8 Å². The molecule has 0 aliphatic carbocycles. The summed E-state index contributed by atoms with van der Waals surface area (Å²) in [6.07, 6.45) is -0.619. The predicted molar refractivity (Wildman–Crippen MR) is 91.1 cm³/mol. The lowest BCUT2D eigenvalue weighted by Crippen LogP contribution is -2.17. The van der Waals surface area contributed by atoms with Crippen molar-refractivity contribution >= 4 is 12.0 Å². The molecule has 0 fully saturated rings. The van der Waals surface area contributed by atoms with E-state index in [1.165, 1.54) is 4.68 Å². The molecule has 0 bridgehead atoms. The van der Waals surface area contributed by atoms with Crippen LogP contribution in [0.5, 0.6) is 0 Å². The maximum atomic E-state index is 12.0. The van der Waals surface area contributed by atoms with Gasteiger partial charge >= 0.3 is 6.09 Å². The Morgan fingerprint density at radius 1 is 1.20 bits per heavy atom. The number of rotatable bonds is 4. The second-order valence-corrected chi connectivity index (χ2v) is 5.24. The molecule has 1 heterocycles. The number of ether oxygens (including phenoxy) is 1. The molecule has 2 aromatic carbocycles. The van der Waals surface area contributed by atoms with Gasteiger partial charge in [0.1, 0.15) is 12.4 Å². The number of aromatic nitrogens is 3. The van der Waals surface area contributed by atoms with Crippen LogP contribution in [0.25, 0.3) is 5.69 Å². The summed E-state index contributed by atoms with van der Waals surface area (Å²) in [6, 6.07) is 18.2. The van der Waals surface area contributed by atoms with Crippen LogP contribution in [0.1, 0.15) is 17.0 Å². The lowest BCUT2D eigenvalue weighted by atomic mass is 10.2. The van der Waals surface area contributed by atoms with Crippen LogP contribution in [-0.2, 0) is 11.3 Å². The van der Waals surface area contributed by atoms with Crippen molar-refractivity contribution in [2.75, 3.05) is 5.32 Å².